The lowest BCUT2D eigenvalue weighted by molar-refractivity contribution is 0.523. The summed E-state index contributed by atoms with van der Waals surface area (Å²) in [5, 5.41) is 6.73. The van der Waals surface area contributed by atoms with Gasteiger partial charge in [-0.2, -0.15) is 0 Å². The fourth-order valence-electron chi connectivity index (χ4n) is 2.22. The molecule has 2 atom stereocenters. The van der Waals surface area contributed by atoms with Crippen molar-refractivity contribution in [3.63, 3.8) is 0 Å². The van der Waals surface area contributed by atoms with Crippen molar-refractivity contribution < 1.29 is 0 Å². The molecule has 1 aromatic carbocycles. The smallest absolute Gasteiger partial charge is 0.123 e. The van der Waals surface area contributed by atoms with E-state index in [0.29, 0.717) is 6.04 Å². The number of thiol groups is 1. The molecule has 3 heteroatoms. The Morgan fingerprint density at radius 3 is 3.21 bits per heavy atom. The largest absolute Gasteiger partial charge is 0.361 e. The van der Waals surface area contributed by atoms with Gasteiger partial charge in [0, 0.05) is 11.7 Å². The Kier molecular flexibility index (Phi) is 1.82. The van der Waals surface area contributed by atoms with Crippen LogP contribution in [0, 0.1) is 0 Å². The summed E-state index contributed by atoms with van der Waals surface area (Å²) in [6.45, 7) is 0. The molecule has 0 fully saturated rings. The number of rotatable bonds is 0. The van der Waals surface area contributed by atoms with Crippen LogP contribution in [-0.2, 0) is 0 Å². The van der Waals surface area contributed by atoms with Gasteiger partial charge < -0.3 is 5.32 Å². The lowest BCUT2D eigenvalue weighted by Gasteiger charge is -2.34. The maximum absolute atomic E-state index is 4.41. The minimum atomic E-state index is 0.0641. The van der Waals surface area contributed by atoms with Crippen LogP contribution in [0.3, 0.4) is 0 Å². The Bertz CT molecular complexity index is 400. The number of anilines is 1. The van der Waals surface area contributed by atoms with Gasteiger partial charge in [0.05, 0.1) is 0 Å². The standard InChI is InChI=1S/C11H12N2S/c14-11-12-8-5-1-3-7-4-2-6-9(13-11)10(7)8/h1-5,9,11-14H,6H2. The first-order valence-corrected chi connectivity index (χ1v) is 5.36. The summed E-state index contributed by atoms with van der Waals surface area (Å²) in [7, 11) is 0. The Morgan fingerprint density at radius 2 is 2.29 bits per heavy atom. The molecular weight excluding hydrogens is 192 g/mol. The Hall–Kier alpha value is -0.930. The third-order valence-electron chi connectivity index (χ3n) is 2.81. The van der Waals surface area contributed by atoms with Gasteiger partial charge in [-0.3, -0.25) is 5.32 Å². The Labute approximate surface area is 88.8 Å². The van der Waals surface area contributed by atoms with Crippen molar-refractivity contribution in [2.45, 2.75) is 18.0 Å². The fourth-order valence-corrected chi connectivity index (χ4v) is 2.54. The Balaban J connectivity index is 2.19. The number of nitrogens with one attached hydrogen (secondary N) is 2. The summed E-state index contributed by atoms with van der Waals surface area (Å²) in [5.74, 6) is 0. The van der Waals surface area contributed by atoms with Crippen molar-refractivity contribution in [2.24, 2.45) is 0 Å². The number of hydrogen-bond donors (Lipinski definition) is 3. The molecule has 1 aliphatic carbocycles. The van der Waals surface area contributed by atoms with Gasteiger partial charge in [-0.05, 0) is 23.6 Å². The molecule has 0 radical (unpaired) electrons. The van der Waals surface area contributed by atoms with Crippen LogP contribution in [0.2, 0.25) is 0 Å². The van der Waals surface area contributed by atoms with E-state index in [1.807, 2.05) is 0 Å². The van der Waals surface area contributed by atoms with Crippen LogP contribution in [0.4, 0.5) is 5.69 Å². The third kappa shape index (κ3) is 1.16. The molecule has 1 aliphatic heterocycles. The average molecular weight is 204 g/mol. The molecule has 2 N–H and O–H groups in total. The highest BCUT2D eigenvalue weighted by Gasteiger charge is 2.26. The van der Waals surface area contributed by atoms with Gasteiger partial charge in [0.25, 0.3) is 0 Å². The summed E-state index contributed by atoms with van der Waals surface area (Å²) in [6.07, 6.45) is 5.47. The van der Waals surface area contributed by atoms with Crippen molar-refractivity contribution in [3.05, 3.63) is 35.4 Å². The SMILES string of the molecule is SC1Nc2cccc3c2C(CC=C3)N1. The molecule has 2 nitrogen and oxygen atoms in total. The van der Waals surface area contributed by atoms with Crippen molar-refractivity contribution in [3.8, 4) is 0 Å². The van der Waals surface area contributed by atoms with E-state index in [2.05, 4.69) is 53.6 Å². The molecule has 0 saturated carbocycles. The van der Waals surface area contributed by atoms with E-state index in [-0.39, 0.29) is 5.50 Å². The fraction of sp³-hybridized carbons (Fsp3) is 0.273. The molecule has 1 heterocycles. The lowest BCUT2D eigenvalue weighted by atomic mass is 9.90. The summed E-state index contributed by atoms with van der Waals surface area (Å²) >= 11 is 4.41. The molecule has 72 valence electrons. The van der Waals surface area contributed by atoms with Gasteiger partial charge in [0.2, 0.25) is 0 Å². The minimum Gasteiger partial charge on any atom is -0.361 e. The lowest BCUT2D eigenvalue weighted by Crippen LogP contribution is -2.40. The molecule has 0 saturated heterocycles. The van der Waals surface area contributed by atoms with Crippen molar-refractivity contribution >= 4 is 24.4 Å². The van der Waals surface area contributed by atoms with Crippen molar-refractivity contribution in [2.75, 3.05) is 5.32 Å². The maximum Gasteiger partial charge on any atom is 0.123 e. The topological polar surface area (TPSA) is 24.1 Å². The molecule has 0 amide bonds. The van der Waals surface area contributed by atoms with Crippen LogP contribution in [-0.4, -0.2) is 5.50 Å². The monoisotopic (exact) mass is 204 g/mol. The summed E-state index contributed by atoms with van der Waals surface area (Å²) in [5.41, 5.74) is 3.99. The first-order chi connectivity index (χ1) is 6.84. The third-order valence-corrected chi connectivity index (χ3v) is 3.09. The molecule has 0 spiro atoms. The van der Waals surface area contributed by atoms with E-state index in [0.717, 1.165) is 6.42 Å². The highest BCUT2D eigenvalue weighted by molar-refractivity contribution is 7.81. The van der Waals surface area contributed by atoms with E-state index < -0.39 is 0 Å². The van der Waals surface area contributed by atoms with Crippen LogP contribution in [0.25, 0.3) is 6.08 Å². The highest BCUT2D eigenvalue weighted by Crippen LogP contribution is 2.37. The highest BCUT2D eigenvalue weighted by atomic mass is 32.1. The van der Waals surface area contributed by atoms with Gasteiger partial charge in [0.1, 0.15) is 5.50 Å². The molecule has 3 rings (SSSR count). The summed E-state index contributed by atoms with van der Waals surface area (Å²) in [4.78, 5) is 0. The molecule has 14 heavy (non-hydrogen) atoms. The van der Waals surface area contributed by atoms with E-state index in [1.54, 1.807) is 0 Å². The second kappa shape index (κ2) is 3.04. The van der Waals surface area contributed by atoms with Gasteiger partial charge in [-0.1, -0.05) is 24.3 Å². The molecule has 2 aliphatic rings. The summed E-state index contributed by atoms with van der Waals surface area (Å²) in [6, 6.07) is 6.79. The average Bonchev–Trinajstić information content (AvgIpc) is 2.18. The van der Waals surface area contributed by atoms with Crippen molar-refractivity contribution in [1.82, 2.24) is 5.32 Å². The first-order valence-electron chi connectivity index (χ1n) is 4.85. The van der Waals surface area contributed by atoms with E-state index in [4.69, 9.17) is 0 Å². The van der Waals surface area contributed by atoms with Crippen molar-refractivity contribution in [1.29, 1.82) is 0 Å². The normalized spacial score (nSPS) is 28.1. The van der Waals surface area contributed by atoms with E-state index in [9.17, 15) is 0 Å². The van der Waals surface area contributed by atoms with Gasteiger partial charge in [-0.15, -0.1) is 12.6 Å². The predicted octanol–water partition coefficient (Wildman–Crippen LogP) is 2.37. The van der Waals surface area contributed by atoms with Crippen LogP contribution >= 0.6 is 12.6 Å². The first kappa shape index (κ1) is 8.38. The van der Waals surface area contributed by atoms with Crippen LogP contribution in [0.5, 0.6) is 0 Å². The van der Waals surface area contributed by atoms with Gasteiger partial charge in [0.15, 0.2) is 0 Å². The van der Waals surface area contributed by atoms with Crippen LogP contribution in [0.1, 0.15) is 23.6 Å². The minimum absolute atomic E-state index is 0.0641. The molecule has 0 aromatic heterocycles. The molecule has 1 aromatic rings. The second-order valence-corrected chi connectivity index (χ2v) is 4.23. The molecule has 0 bridgehead atoms. The van der Waals surface area contributed by atoms with E-state index in [1.165, 1.54) is 16.8 Å². The van der Waals surface area contributed by atoms with Crippen LogP contribution < -0.4 is 10.6 Å². The summed E-state index contributed by atoms with van der Waals surface area (Å²) < 4.78 is 0. The number of benzene rings is 1. The Morgan fingerprint density at radius 1 is 1.36 bits per heavy atom. The van der Waals surface area contributed by atoms with Gasteiger partial charge in [-0.25, -0.2) is 0 Å². The second-order valence-electron chi connectivity index (χ2n) is 3.71. The molecule has 2 unspecified atom stereocenters. The van der Waals surface area contributed by atoms with Crippen LogP contribution in [0.15, 0.2) is 24.3 Å². The zero-order valence-corrected chi connectivity index (χ0v) is 8.59. The number of hydrogen-bond acceptors (Lipinski definition) is 3. The van der Waals surface area contributed by atoms with Gasteiger partial charge >= 0.3 is 0 Å². The maximum atomic E-state index is 4.41. The zero-order chi connectivity index (χ0) is 9.54. The molecular formula is C11H12N2S. The van der Waals surface area contributed by atoms with E-state index >= 15 is 0 Å². The quantitative estimate of drug-likeness (QED) is 0.565. The zero-order valence-electron chi connectivity index (χ0n) is 7.70. The predicted molar refractivity (Wildman–Crippen MR) is 62.4 cm³/mol.